The Bertz CT molecular complexity index is 625. The van der Waals surface area contributed by atoms with Gasteiger partial charge in [-0.05, 0) is 23.8 Å². The van der Waals surface area contributed by atoms with Crippen molar-refractivity contribution in [1.82, 2.24) is 5.32 Å². The van der Waals surface area contributed by atoms with Crippen LogP contribution >= 0.6 is 0 Å². The maximum atomic E-state index is 11.9. The third-order valence-electron chi connectivity index (χ3n) is 3.63. The highest BCUT2D eigenvalue weighted by Gasteiger charge is 2.22. The highest BCUT2D eigenvalue weighted by molar-refractivity contribution is 6.10. The second-order valence-corrected chi connectivity index (χ2v) is 5.10. The van der Waals surface area contributed by atoms with Crippen molar-refractivity contribution in [1.29, 1.82) is 5.26 Å². The number of ether oxygens (including phenoxy) is 1. The zero-order chi connectivity index (χ0) is 16.7. The minimum Gasteiger partial charge on any atom is -0.378 e. The molecule has 0 bridgehead atoms. The molecule has 1 aliphatic heterocycles. The molecule has 0 radical (unpaired) electrons. The van der Waals surface area contributed by atoms with Crippen molar-refractivity contribution in [2.45, 2.75) is 0 Å². The molecule has 0 aromatic heterocycles. The number of morpholine rings is 1. The summed E-state index contributed by atoms with van der Waals surface area (Å²) in [6, 6.07) is 9.47. The molecule has 0 unspecified atom stereocenters. The number of hydrogen-bond acceptors (Lipinski definition) is 5. The average molecular weight is 313 g/mol. The Hall–Kier alpha value is -2.65. The molecule has 1 aromatic rings. The van der Waals surface area contributed by atoms with E-state index in [1.165, 1.54) is 13.1 Å². The van der Waals surface area contributed by atoms with Crippen LogP contribution < -0.4 is 10.2 Å². The molecule has 1 heterocycles. The topological polar surface area (TPSA) is 82.4 Å². The number of nitrogens with zero attached hydrogens (tertiary/aromatic N) is 2. The highest BCUT2D eigenvalue weighted by atomic mass is 16.5. The minimum atomic E-state index is -1.30. The number of anilines is 1. The van der Waals surface area contributed by atoms with Gasteiger partial charge in [0.25, 0.3) is 0 Å². The van der Waals surface area contributed by atoms with Crippen LogP contribution in [0.3, 0.4) is 0 Å². The van der Waals surface area contributed by atoms with Gasteiger partial charge in [-0.3, -0.25) is 9.59 Å². The van der Waals surface area contributed by atoms with E-state index >= 15 is 0 Å². The minimum absolute atomic E-state index is 0.524. The molecule has 2 rings (SSSR count). The molecule has 6 nitrogen and oxygen atoms in total. The maximum absolute atomic E-state index is 11.9. The molecule has 0 aliphatic carbocycles. The van der Waals surface area contributed by atoms with Crippen LogP contribution in [0.2, 0.25) is 0 Å². The van der Waals surface area contributed by atoms with Gasteiger partial charge in [0.2, 0.25) is 5.91 Å². The van der Waals surface area contributed by atoms with E-state index in [2.05, 4.69) is 10.2 Å². The van der Waals surface area contributed by atoms with Gasteiger partial charge >= 0.3 is 0 Å². The molecule has 1 saturated heterocycles. The maximum Gasteiger partial charge on any atom is 0.245 e. The Morgan fingerprint density at radius 3 is 2.52 bits per heavy atom. The SMILES string of the molecule is CNC(=O)[C@H](C#N)C(=O)/C=C/c1ccc(N2CCOCC2)cc1. The van der Waals surface area contributed by atoms with E-state index in [-0.39, 0.29) is 0 Å². The molecule has 1 atom stereocenters. The molecule has 1 N–H and O–H groups in total. The first-order valence-corrected chi connectivity index (χ1v) is 7.41. The smallest absolute Gasteiger partial charge is 0.245 e. The van der Waals surface area contributed by atoms with Crippen molar-refractivity contribution < 1.29 is 14.3 Å². The van der Waals surface area contributed by atoms with Crippen LogP contribution in [0.5, 0.6) is 0 Å². The van der Waals surface area contributed by atoms with Gasteiger partial charge < -0.3 is 15.0 Å². The van der Waals surface area contributed by atoms with Gasteiger partial charge in [-0.15, -0.1) is 0 Å². The number of benzene rings is 1. The lowest BCUT2D eigenvalue weighted by Gasteiger charge is -2.28. The summed E-state index contributed by atoms with van der Waals surface area (Å²) in [5.41, 5.74) is 1.95. The van der Waals surface area contributed by atoms with E-state index < -0.39 is 17.6 Å². The molecule has 6 heteroatoms. The van der Waals surface area contributed by atoms with Gasteiger partial charge in [-0.25, -0.2) is 0 Å². The molecular weight excluding hydrogens is 294 g/mol. The van der Waals surface area contributed by atoms with Crippen molar-refractivity contribution in [3.05, 3.63) is 35.9 Å². The number of nitriles is 1. The summed E-state index contributed by atoms with van der Waals surface area (Å²) in [7, 11) is 1.40. The van der Waals surface area contributed by atoms with Gasteiger partial charge in [0.1, 0.15) is 0 Å². The summed E-state index contributed by atoms with van der Waals surface area (Å²) < 4.78 is 5.32. The summed E-state index contributed by atoms with van der Waals surface area (Å²) in [6.45, 7) is 3.18. The third-order valence-corrected chi connectivity index (χ3v) is 3.63. The Labute approximate surface area is 135 Å². The first-order chi connectivity index (χ1) is 11.2. The molecule has 1 amide bonds. The number of ketones is 1. The fraction of sp³-hybridized carbons (Fsp3) is 0.353. The molecule has 1 aliphatic rings. The lowest BCUT2D eigenvalue weighted by molar-refractivity contribution is -0.129. The second kappa shape index (κ2) is 8.11. The summed E-state index contributed by atoms with van der Waals surface area (Å²) in [4.78, 5) is 25.5. The van der Waals surface area contributed by atoms with Crippen LogP contribution in [0.1, 0.15) is 5.56 Å². The second-order valence-electron chi connectivity index (χ2n) is 5.10. The number of carbonyl (C=O) groups excluding carboxylic acids is 2. The van der Waals surface area contributed by atoms with E-state index in [9.17, 15) is 9.59 Å². The van der Waals surface area contributed by atoms with Gasteiger partial charge in [-0.2, -0.15) is 5.26 Å². The lowest BCUT2D eigenvalue weighted by Crippen LogP contribution is -2.36. The first-order valence-electron chi connectivity index (χ1n) is 7.41. The van der Waals surface area contributed by atoms with Crippen molar-refractivity contribution >= 4 is 23.5 Å². The van der Waals surface area contributed by atoms with Gasteiger partial charge in [0.15, 0.2) is 11.7 Å². The van der Waals surface area contributed by atoms with Crippen LogP contribution in [0, 0.1) is 17.2 Å². The van der Waals surface area contributed by atoms with E-state index in [0.29, 0.717) is 0 Å². The Morgan fingerprint density at radius 2 is 1.96 bits per heavy atom. The van der Waals surface area contributed by atoms with Gasteiger partial charge in [-0.1, -0.05) is 18.2 Å². The van der Waals surface area contributed by atoms with Crippen LogP contribution in [0.4, 0.5) is 5.69 Å². The van der Waals surface area contributed by atoms with E-state index in [1.807, 2.05) is 24.3 Å². The molecule has 1 aromatic carbocycles. The van der Waals surface area contributed by atoms with Crippen molar-refractivity contribution in [3.63, 3.8) is 0 Å². The van der Waals surface area contributed by atoms with Gasteiger partial charge in [0.05, 0.1) is 19.3 Å². The fourth-order valence-corrected chi connectivity index (χ4v) is 2.29. The van der Waals surface area contributed by atoms with E-state index in [4.69, 9.17) is 10.00 Å². The highest BCUT2D eigenvalue weighted by Crippen LogP contribution is 2.17. The van der Waals surface area contributed by atoms with E-state index in [0.717, 1.165) is 37.6 Å². The van der Waals surface area contributed by atoms with Crippen LogP contribution in [0.15, 0.2) is 30.3 Å². The Kier molecular flexibility index (Phi) is 5.89. The number of nitrogens with one attached hydrogen (secondary N) is 1. The van der Waals surface area contributed by atoms with Crippen molar-refractivity contribution in [2.75, 3.05) is 38.3 Å². The van der Waals surface area contributed by atoms with Crippen LogP contribution in [-0.4, -0.2) is 45.0 Å². The molecular formula is C17H19N3O3. The molecule has 23 heavy (non-hydrogen) atoms. The van der Waals surface area contributed by atoms with Crippen molar-refractivity contribution in [3.8, 4) is 6.07 Å². The van der Waals surface area contributed by atoms with Crippen molar-refractivity contribution in [2.24, 2.45) is 5.92 Å². The van der Waals surface area contributed by atoms with E-state index in [1.54, 1.807) is 12.1 Å². The third kappa shape index (κ3) is 4.41. The van der Waals surface area contributed by atoms with Crippen LogP contribution in [-0.2, 0) is 14.3 Å². The zero-order valence-corrected chi connectivity index (χ0v) is 13.0. The summed E-state index contributed by atoms with van der Waals surface area (Å²) >= 11 is 0. The Morgan fingerprint density at radius 1 is 1.30 bits per heavy atom. The number of amides is 1. The lowest BCUT2D eigenvalue weighted by atomic mass is 10.0. The Balaban J connectivity index is 2.01. The predicted octanol–water partition coefficient (Wildman–Crippen LogP) is 0.991. The summed E-state index contributed by atoms with van der Waals surface area (Å²) in [6.07, 6.45) is 2.88. The largest absolute Gasteiger partial charge is 0.378 e. The molecule has 1 fully saturated rings. The van der Waals surface area contributed by atoms with Crippen LogP contribution in [0.25, 0.3) is 6.08 Å². The number of hydrogen-bond donors (Lipinski definition) is 1. The summed E-state index contributed by atoms with van der Waals surface area (Å²) in [5, 5.41) is 11.2. The zero-order valence-electron chi connectivity index (χ0n) is 13.0. The van der Waals surface area contributed by atoms with Gasteiger partial charge in [0, 0.05) is 25.8 Å². The first kappa shape index (κ1) is 16.7. The number of allylic oxidation sites excluding steroid dienone is 1. The molecule has 0 saturated carbocycles. The molecule has 120 valence electrons. The molecule has 0 spiro atoms. The summed E-state index contributed by atoms with van der Waals surface area (Å²) in [5.74, 6) is -2.42. The number of carbonyl (C=O) groups is 2. The predicted molar refractivity (Wildman–Crippen MR) is 86.7 cm³/mol. The standard InChI is InChI=1S/C17H19N3O3/c1-19-17(22)15(12-18)16(21)7-4-13-2-5-14(6-3-13)20-8-10-23-11-9-20/h2-7,15H,8-11H2,1H3,(H,19,22)/b7-4+/t15-/m1/s1. The number of rotatable bonds is 5. The average Bonchev–Trinajstić information content (AvgIpc) is 2.61. The monoisotopic (exact) mass is 313 g/mol. The fourth-order valence-electron chi connectivity index (χ4n) is 2.29. The quantitative estimate of drug-likeness (QED) is 0.647. The normalized spacial score (nSPS) is 15.9.